The van der Waals surface area contributed by atoms with Gasteiger partial charge in [0.25, 0.3) is 0 Å². The summed E-state index contributed by atoms with van der Waals surface area (Å²) in [5.41, 5.74) is 0.453. The summed E-state index contributed by atoms with van der Waals surface area (Å²) in [6, 6.07) is 7.11. The monoisotopic (exact) mass is 229 g/mol. The maximum atomic E-state index is 8.97. The molecule has 0 atom stereocenters. The minimum atomic E-state index is 0.453. The Morgan fingerprint density at radius 2 is 2.18 bits per heavy atom. The minimum absolute atomic E-state index is 0.453. The molecule has 0 spiro atoms. The summed E-state index contributed by atoms with van der Waals surface area (Å²) in [5.74, 6) is 1.68. The van der Waals surface area contributed by atoms with Gasteiger partial charge in [-0.2, -0.15) is 10.4 Å². The second-order valence-corrected chi connectivity index (χ2v) is 3.43. The van der Waals surface area contributed by atoms with Gasteiger partial charge >= 0.3 is 0 Å². The van der Waals surface area contributed by atoms with Gasteiger partial charge in [-0.3, -0.25) is 4.68 Å². The van der Waals surface area contributed by atoms with E-state index in [1.807, 2.05) is 0 Å². The van der Waals surface area contributed by atoms with Crippen LogP contribution in [0.25, 0.3) is 0 Å². The third-order valence-electron chi connectivity index (χ3n) is 2.22. The molecule has 0 aliphatic heterocycles. The fourth-order valence-corrected chi connectivity index (χ4v) is 1.38. The molecular formula is C12H11N3O2. The molecule has 0 saturated carbocycles. The molecule has 1 aromatic carbocycles. The number of ether oxygens (including phenoxy) is 2. The molecule has 0 amide bonds. The predicted molar refractivity (Wildman–Crippen MR) is 61.0 cm³/mol. The summed E-state index contributed by atoms with van der Waals surface area (Å²) in [4.78, 5) is 0. The molecule has 17 heavy (non-hydrogen) atoms. The quantitative estimate of drug-likeness (QED) is 0.808. The first-order valence-electron chi connectivity index (χ1n) is 4.97. The van der Waals surface area contributed by atoms with Crippen molar-refractivity contribution in [3.63, 3.8) is 0 Å². The fourth-order valence-electron chi connectivity index (χ4n) is 1.38. The average molecular weight is 229 g/mol. The van der Waals surface area contributed by atoms with Crippen LogP contribution in [0, 0.1) is 11.3 Å². The number of rotatable bonds is 3. The number of nitrogens with zero attached hydrogens (tertiary/aromatic N) is 3. The Morgan fingerprint density at radius 3 is 2.76 bits per heavy atom. The van der Waals surface area contributed by atoms with Crippen molar-refractivity contribution in [1.29, 1.82) is 5.26 Å². The molecule has 0 bridgehead atoms. The summed E-state index contributed by atoms with van der Waals surface area (Å²) in [6.07, 6.45) is 3.31. The van der Waals surface area contributed by atoms with Crippen molar-refractivity contribution in [2.24, 2.45) is 7.05 Å². The van der Waals surface area contributed by atoms with Gasteiger partial charge in [0.2, 0.25) is 0 Å². The second kappa shape index (κ2) is 4.58. The highest BCUT2D eigenvalue weighted by molar-refractivity contribution is 5.48. The van der Waals surface area contributed by atoms with Crippen molar-refractivity contribution in [3.8, 4) is 23.3 Å². The topological polar surface area (TPSA) is 60.1 Å². The number of hydrogen-bond acceptors (Lipinski definition) is 4. The van der Waals surface area contributed by atoms with Crippen molar-refractivity contribution >= 4 is 0 Å². The van der Waals surface area contributed by atoms with E-state index in [9.17, 15) is 0 Å². The van der Waals surface area contributed by atoms with Crippen molar-refractivity contribution in [3.05, 3.63) is 36.2 Å². The number of aryl methyl sites for hydroxylation is 1. The molecule has 5 nitrogen and oxygen atoms in total. The molecule has 0 aliphatic rings. The lowest BCUT2D eigenvalue weighted by atomic mass is 10.2. The van der Waals surface area contributed by atoms with Crippen molar-refractivity contribution < 1.29 is 9.47 Å². The van der Waals surface area contributed by atoms with Crippen molar-refractivity contribution in [2.75, 3.05) is 7.11 Å². The van der Waals surface area contributed by atoms with Crippen LogP contribution in [0.15, 0.2) is 30.6 Å². The molecule has 0 radical (unpaired) electrons. The molecule has 0 saturated heterocycles. The van der Waals surface area contributed by atoms with Crippen LogP contribution in [0.1, 0.15) is 5.56 Å². The number of hydrogen-bond donors (Lipinski definition) is 0. The zero-order chi connectivity index (χ0) is 12.3. The lowest BCUT2D eigenvalue weighted by Gasteiger charge is -2.06. The first-order chi connectivity index (χ1) is 8.22. The molecule has 1 heterocycles. The van der Waals surface area contributed by atoms with Crippen LogP contribution >= 0.6 is 0 Å². The van der Waals surface area contributed by atoms with Crippen LogP contribution in [0.5, 0.6) is 17.2 Å². The van der Waals surface area contributed by atoms with Gasteiger partial charge in [0.15, 0.2) is 5.75 Å². The lowest BCUT2D eigenvalue weighted by Crippen LogP contribution is -1.90. The van der Waals surface area contributed by atoms with E-state index in [1.165, 1.54) is 0 Å². The van der Waals surface area contributed by atoms with Gasteiger partial charge in [-0.05, 0) is 12.1 Å². The fraction of sp³-hybridized carbons (Fsp3) is 0.167. The Kier molecular flexibility index (Phi) is 2.97. The van der Waals surface area contributed by atoms with Crippen LogP contribution in [0.4, 0.5) is 0 Å². The van der Waals surface area contributed by atoms with Gasteiger partial charge in [0, 0.05) is 13.1 Å². The summed E-state index contributed by atoms with van der Waals surface area (Å²) >= 11 is 0. The maximum absolute atomic E-state index is 8.97. The third-order valence-corrected chi connectivity index (χ3v) is 2.22. The summed E-state index contributed by atoms with van der Waals surface area (Å²) in [7, 11) is 3.36. The molecule has 86 valence electrons. The predicted octanol–water partition coefficient (Wildman–Crippen LogP) is 2.09. The van der Waals surface area contributed by atoms with Gasteiger partial charge in [-0.15, -0.1) is 0 Å². The first-order valence-corrected chi connectivity index (χ1v) is 4.97. The molecule has 5 heteroatoms. The molecule has 0 N–H and O–H groups in total. The first kappa shape index (κ1) is 11.0. The van der Waals surface area contributed by atoms with E-state index < -0.39 is 0 Å². The van der Waals surface area contributed by atoms with Gasteiger partial charge in [-0.25, -0.2) is 0 Å². The van der Waals surface area contributed by atoms with Gasteiger partial charge in [-0.1, -0.05) is 0 Å². The standard InChI is InChI=1S/C12H11N3O2/c1-15-8-11(7-14-15)17-12-5-10(16-2)4-3-9(12)6-13/h3-5,7-8H,1-2H3. The van der Waals surface area contributed by atoms with Gasteiger partial charge < -0.3 is 9.47 Å². The molecule has 1 aromatic heterocycles. The maximum Gasteiger partial charge on any atom is 0.165 e. The Balaban J connectivity index is 2.33. The van der Waals surface area contributed by atoms with Gasteiger partial charge in [0.1, 0.15) is 17.6 Å². The summed E-state index contributed by atoms with van der Waals surface area (Å²) in [5, 5.41) is 13.0. The number of methoxy groups -OCH3 is 1. The van der Waals surface area contributed by atoms with E-state index in [4.69, 9.17) is 14.7 Å². The van der Waals surface area contributed by atoms with Crippen LogP contribution in [-0.2, 0) is 7.05 Å². The minimum Gasteiger partial charge on any atom is -0.497 e. The molecule has 2 rings (SSSR count). The number of benzene rings is 1. The van der Waals surface area contributed by atoms with Crippen LogP contribution in [-0.4, -0.2) is 16.9 Å². The molecule has 0 aliphatic carbocycles. The van der Waals surface area contributed by atoms with E-state index in [0.29, 0.717) is 22.8 Å². The third kappa shape index (κ3) is 2.37. The Hall–Kier alpha value is -2.48. The highest BCUT2D eigenvalue weighted by Gasteiger charge is 2.07. The highest BCUT2D eigenvalue weighted by Crippen LogP contribution is 2.28. The van der Waals surface area contributed by atoms with E-state index in [0.717, 1.165) is 0 Å². The van der Waals surface area contributed by atoms with Gasteiger partial charge in [0.05, 0.1) is 25.1 Å². The molecule has 2 aromatic rings. The Bertz CT molecular complexity index is 569. The van der Waals surface area contributed by atoms with Crippen LogP contribution < -0.4 is 9.47 Å². The zero-order valence-electron chi connectivity index (χ0n) is 9.54. The number of aromatic nitrogens is 2. The van der Waals surface area contributed by atoms with E-state index >= 15 is 0 Å². The normalized spacial score (nSPS) is 9.71. The van der Waals surface area contributed by atoms with Crippen LogP contribution in [0.2, 0.25) is 0 Å². The van der Waals surface area contributed by atoms with Crippen molar-refractivity contribution in [2.45, 2.75) is 0 Å². The second-order valence-electron chi connectivity index (χ2n) is 3.43. The summed E-state index contributed by atoms with van der Waals surface area (Å²) in [6.45, 7) is 0. The highest BCUT2D eigenvalue weighted by atomic mass is 16.5. The smallest absolute Gasteiger partial charge is 0.165 e. The SMILES string of the molecule is COc1ccc(C#N)c(Oc2cnn(C)c2)c1. The number of nitriles is 1. The van der Waals surface area contributed by atoms with Crippen molar-refractivity contribution in [1.82, 2.24) is 9.78 Å². The lowest BCUT2D eigenvalue weighted by molar-refractivity contribution is 0.408. The molecule has 0 fully saturated rings. The van der Waals surface area contributed by atoms with E-state index in [2.05, 4.69) is 11.2 Å². The average Bonchev–Trinajstić information content (AvgIpc) is 2.74. The van der Waals surface area contributed by atoms with E-state index in [-0.39, 0.29) is 0 Å². The molecular weight excluding hydrogens is 218 g/mol. The largest absolute Gasteiger partial charge is 0.497 e. The summed E-state index contributed by atoms with van der Waals surface area (Å²) < 4.78 is 12.3. The molecule has 0 unspecified atom stereocenters. The van der Waals surface area contributed by atoms with E-state index in [1.54, 1.807) is 49.4 Å². The Labute approximate surface area is 98.8 Å². The Morgan fingerprint density at radius 1 is 1.35 bits per heavy atom. The van der Waals surface area contributed by atoms with Crippen LogP contribution in [0.3, 0.4) is 0 Å². The zero-order valence-corrected chi connectivity index (χ0v) is 9.54.